The maximum atomic E-state index is 11.8. The molecule has 0 radical (unpaired) electrons. The van der Waals surface area contributed by atoms with Gasteiger partial charge in [0.15, 0.2) is 0 Å². The number of rotatable bonds is 6. The molecule has 6 nitrogen and oxygen atoms in total. The minimum Gasteiger partial charge on any atom is -0.497 e. The zero-order chi connectivity index (χ0) is 14.3. The Kier molecular flexibility index (Phi) is 5.44. The first-order valence-corrected chi connectivity index (χ1v) is 5.67. The molecule has 1 rings (SSSR count). The molecule has 0 saturated heterocycles. The van der Waals surface area contributed by atoms with Gasteiger partial charge in [0.2, 0.25) is 0 Å². The van der Waals surface area contributed by atoms with Crippen LogP contribution in [0.1, 0.15) is 12.5 Å². The molecule has 0 heterocycles. The van der Waals surface area contributed by atoms with Gasteiger partial charge in [-0.15, -0.1) is 0 Å². The maximum Gasteiger partial charge on any atom is 0.441 e. The van der Waals surface area contributed by atoms with Crippen LogP contribution in [0.4, 0.5) is 0 Å². The third-order valence-electron chi connectivity index (χ3n) is 2.36. The number of Topliss-reactive ketones (excluding diaryl/α,β-unsaturated/α-hetero) is 1. The first-order chi connectivity index (χ1) is 9.12. The van der Waals surface area contributed by atoms with Crippen molar-refractivity contribution in [2.45, 2.75) is 13.3 Å². The van der Waals surface area contributed by atoms with E-state index in [1.807, 2.05) is 0 Å². The van der Waals surface area contributed by atoms with E-state index in [0.29, 0.717) is 11.3 Å². The standard InChI is InChI=1S/C13H14N2O4/c1-3-19-13(17)12(15-14)11(16)8-9-4-6-10(18-2)7-5-9/h4-7H,3,8H2,1-2H3. The smallest absolute Gasteiger partial charge is 0.441 e. The first-order valence-electron chi connectivity index (χ1n) is 5.67. The Balaban J connectivity index is 2.77. The highest BCUT2D eigenvalue weighted by molar-refractivity contribution is 6.62. The molecule has 100 valence electrons. The summed E-state index contributed by atoms with van der Waals surface area (Å²) < 4.78 is 9.61. The summed E-state index contributed by atoms with van der Waals surface area (Å²) in [5.41, 5.74) is 8.78. The average molecular weight is 262 g/mol. The number of carbonyl (C=O) groups excluding carboxylic acids is 2. The molecule has 19 heavy (non-hydrogen) atoms. The van der Waals surface area contributed by atoms with Crippen LogP contribution in [0, 0.1) is 0 Å². The molecule has 6 heteroatoms. The molecule has 0 fully saturated rings. The zero-order valence-electron chi connectivity index (χ0n) is 10.8. The number of methoxy groups -OCH3 is 1. The molecule has 0 amide bonds. The monoisotopic (exact) mass is 262 g/mol. The summed E-state index contributed by atoms with van der Waals surface area (Å²) >= 11 is 0. The molecule has 1 aromatic carbocycles. The van der Waals surface area contributed by atoms with E-state index in [0.717, 1.165) is 0 Å². The van der Waals surface area contributed by atoms with E-state index in [1.54, 1.807) is 31.2 Å². The van der Waals surface area contributed by atoms with Gasteiger partial charge in [-0.3, -0.25) is 4.79 Å². The summed E-state index contributed by atoms with van der Waals surface area (Å²) in [4.78, 5) is 25.8. The van der Waals surface area contributed by atoms with Gasteiger partial charge in [-0.25, -0.2) is 4.79 Å². The van der Waals surface area contributed by atoms with Crippen LogP contribution in [0.25, 0.3) is 5.53 Å². The Labute approximate surface area is 110 Å². The van der Waals surface area contributed by atoms with E-state index in [9.17, 15) is 9.59 Å². The van der Waals surface area contributed by atoms with Crippen molar-refractivity contribution in [2.24, 2.45) is 0 Å². The fourth-order valence-corrected chi connectivity index (χ4v) is 1.42. The molecule has 0 spiro atoms. The van der Waals surface area contributed by atoms with E-state index < -0.39 is 17.5 Å². The van der Waals surface area contributed by atoms with Crippen LogP contribution < -0.4 is 4.74 Å². The van der Waals surface area contributed by atoms with Crippen LogP contribution in [0.15, 0.2) is 24.3 Å². The highest BCUT2D eigenvalue weighted by Gasteiger charge is 2.30. The molecule has 0 unspecified atom stereocenters. The van der Waals surface area contributed by atoms with Gasteiger partial charge in [0.1, 0.15) is 5.75 Å². The first kappa shape index (κ1) is 14.6. The summed E-state index contributed by atoms with van der Waals surface area (Å²) in [6, 6.07) is 6.78. The highest BCUT2D eigenvalue weighted by Crippen LogP contribution is 2.12. The van der Waals surface area contributed by atoms with Crippen molar-refractivity contribution in [3.8, 4) is 5.75 Å². The van der Waals surface area contributed by atoms with E-state index in [4.69, 9.17) is 10.3 Å². The van der Waals surface area contributed by atoms with Crippen LogP contribution in [0.3, 0.4) is 0 Å². The van der Waals surface area contributed by atoms with Crippen LogP contribution in [-0.2, 0) is 20.7 Å². The number of benzene rings is 1. The average Bonchev–Trinajstić information content (AvgIpc) is 2.40. The number of ether oxygens (including phenoxy) is 2. The topological polar surface area (TPSA) is 89.0 Å². The molecule has 0 aliphatic heterocycles. The zero-order valence-corrected chi connectivity index (χ0v) is 10.8. The molecule has 0 aliphatic rings. The predicted molar refractivity (Wildman–Crippen MR) is 67.0 cm³/mol. The van der Waals surface area contributed by atoms with Crippen molar-refractivity contribution in [1.29, 1.82) is 0 Å². The molecule has 0 atom stereocenters. The van der Waals surface area contributed by atoms with Crippen molar-refractivity contribution < 1.29 is 23.9 Å². The van der Waals surface area contributed by atoms with Crippen molar-refractivity contribution in [3.63, 3.8) is 0 Å². The van der Waals surface area contributed by atoms with Crippen molar-refractivity contribution in [2.75, 3.05) is 13.7 Å². The van der Waals surface area contributed by atoms with Gasteiger partial charge >= 0.3 is 11.7 Å². The Morgan fingerprint density at radius 3 is 2.37 bits per heavy atom. The van der Waals surface area contributed by atoms with Crippen LogP contribution >= 0.6 is 0 Å². The van der Waals surface area contributed by atoms with Crippen molar-refractivity contribution in [3.05, 3.63) is 35.4 Å². The normalized spacial score (nSPS) is 9.37. The van der Waals surface area contributed by atoms with Gasteiger partial charge in [-0.05, 0) is 24.6 Å². The van der Waals surface area contributed by atoms with Crippen molar-refractivity contribution >= 4 is 17.5 Å². The molecule has 0 bridgehead atoms. The number of nitrogens with zero attached hydrogens (tertiary/aromatic N) is 2. The number of carbonyl (C=O) groups is 2. The van der Waals surface area contributed by atoms with Gasteiger partial charge in [-0.2, -0.15) is 4.79 Å². The molecule has 0 aromatic heterocycles. The quantitative estimate of drug-likeness (QED) is 0.252. The van der Waals surface area contributed by atoms with E-state index >= 15 is 0 Å². The van der Waals surface area contributed by atoms with Gasteiger partial charge in [0.25, 0.3) is 5.78 Å². The predicted octanol–water partition coefficient (Wildman–Crippen LogP) is 1.04. The van der Waals surface area contributed by atoms with Gasteiger partial charge < -0.3 is 15.0 Å². The van der Waals surface area contributed by atoms with Gasteiger partial charge in [-0.1, -0.05) is 12.1 Å². The van der Waals surface area contributed by atoms with Crippen LogP contribution in [-0.4, -0.2) is 36.0 Å². The fraction of sp³-hybridized carbons (Fsp3) is 0.308. The number of hydrogen-bond acceptors (Lipinski definition) is 4. The Morgan fingerprint density at radius 1 is 1.26 bits per heavy atom. The molecule has 0 N–H and O–H groups in total. The fourth-order valence-electron chi connectivity index (χ4n) is 1.42. The second kappa shape index (κ2) is 7.08. The largest absolute Gasteiger partial charge is 0.497 e. The maximum absolute atomic E-state index is 11.8. The number of hydrogen-bond donors (Lipinski definition) is 0. The lowest BCUT2D eigenvalue weighted by molar-refractivity contribution is -0.141. The summed E-state index contributed by atoms with van der Waals surface area (Å²) in [6.07, 6.45) is -0.0534. The summed E-state index contributed by atoms with van der Waals surface area (Å²) in [5, 5.41) is 0. The lowest BCUT2D eigenvalue weighted by Crippen LogP contribution is -2.28. The lowest BCUT2D eigenvalue weighted by atomic mass is 10.1. The SMILES string of the molecule is CCOC(=O)C(=[N+]=[N-])C(=O)Cc1ccc(OC)cc1. The number of esters is 1. The highest BCUT2D eigenvalue weighted by atomic mass is 16.5. The number of ketones is 1. The molecule has 0 saturated carbocycles. The lowest BCUT2D eigenvalue weighted by Gasteiger charge is -2.01. The Bertz CT molecular complexity index is 516. The second-order valence-corrected chi connectivity index (χ2v) is 3.62. The van der Waals surface area contributed by atoms with Crippen LogP contribution in [0.2, 0.25) is 0 Å². The minimum atomic E-state index is -0.927. The van der Waals surface area contributed by atoms with Gasteiger partial charge in [0.05, 0.1) is 13.7 Å². The Morgan fingerprint density at radius 2 is 1.89 bits per heavy atom. The summed E-state index contributed by atoms with van der Waals surface area (Å²) in [6.45, 7) is 1.70. The van der Waals surface area contributed by atoms with E-state index in [1.165, 1.54) is 7.11 Å². The van der Waals surface area contributed by atoms with Crippen LogP contribution in [0.5, 0.6) is 5.75 Å². The molecule has 0 aliphatic carbocycles. The second-order valence-electron chi connectivity index (χ2n) is 3.62. The summed E-state index contributed by atoms with van der Waals surface area (Å²) in [5.74, 6) is -0.868. The summed E-state index contributed by atoms with van der Waals surface area (Å²) in [7, 11) is 1.54. The molecular weight excluding hydrogens is 248 g/mol. The third-order valence-corrected chi connectivity index (χ3v) is 2.36. The van der Waals surface area contributed by atoms with Crippen molar-refractivity contribution in [1.82, 2.24) is 0 Å². The Hall–Kier alpha value is -2.46. The molecular formula is C13H14N2O4. The van der Waals surface area contributed by atoms with E-state index in [2.05, 4.69) is 9.53 Å². The van der Waals surface area contributed by atoms with E-state index in [-0.39, 0.29) is 13.0 Å². The third kappa shape index (κ3) is 4.04. The van der Waals surface area contributed by atoms with Gasteiger partial charge in [0, 0.05) is 6.42 Å². The molecule has 1 aromatic rings. The minimum absolute atomic E-state index is 0.0534.